The van der Waals surface area contributed by atoms with Crippen molar-refractivity contribution in [2.75, 3.05) is 6.61 Å². The van der Waals surface area contributed by atoms with Crippen LogP contribution in [-0.4, -0.2) is 17.1 Å². The first kappa shape index (κ1) is 18.6. The van der Waals surface area contributed by atoms with Gasteiger partial charge in [0, 0.05) is 4.88 Å². The Balaban J connectivity index is 1.97. The lowest BCUT2D eigenvalue weighted by Crippen LogP contribution is -2.39. The minimum Gasteiger partial charge on any atom is -0.463 e. The zero-order valence-corrected chi connectivity index (χ0v) is 17.0. The number of allylic oxidation sites excluding steroid dienone is 1. The predicted octanol–water partition coefficient (Wildman–Crippen LogP) is 2.86. The lowest BCUT2D eigenvalue weighted by Gasteiger charge is -2.24. The number of nitrogens with zero attached hydrogens (tertiary/aromatic N) is 2. The van der Waals surface area contributed by atoms with Gasteiger partial charge in [0.15, 0.2) is 4.80 Å². The van der Waals surface area contributed by atoms with E-state index >= 15 is 0 Å². The van der Waals surface area contributed by atoms with E-state index < -0.39 is 12.0 Å². The van der Waals surface area contributed by atoms with Crippen LogP contribution >= 0.6 is 22.7 Å². The number of fused-ring (bicyclic) bond motifs is 1. The number of rotatable bonds is 4. The predicted molar refractivity (Wildman–Crippen MR) is 111 cm³/mol. The molecular weight excluding hydrogens is 392 g/mol. The molecule has 1 atom stereocenters. The lowest BCUT2D eigenvalue weighted by molar-refractivity contribution is -0.139. The van der Waals surface area contributed by atoms with Crippen LogP contribution in [0, 0.1) is 0 Å². The molecule has 1 aliphatic heterocycles. The topological polar surface area (TPSA) is 60.7 Å². The normalized spacial score (nSPS) is 16.6. The van der Waals surface area contributed by atoms with Crippen LogP contribution in [0.25, 0.3) is 6.08 Å². The highest BCUT2D eigenvalue weighted by molar-refractivity contribution is 7.11. The van der Waals surface area contributed by atoms with E-state index in [9.17, 15) is 9.59 Å². The third-order valence-electron chi connectivity index (χ3n) is 4.45. The van der Waals surface area contributed by atoms with E-state index in [2.05, 4.69) is 4.99 Å². The van der Waals surface area contributed by atoms with Crippen molar-refractivity contribution >= 4 is 34.7 Å². The number of ether oxygens (including phenoxy) is 1. The van der Waals surface area contributed by atoms with Gasteiger partial charge in [0.05, 0.1) is 28.5 Å². The average Bonchev–Trinajstić information content (AvgIpc) is 3.30. The van der Waals surface area contributed by atoms with Crippen molar-refractivity contribution in [3.05, 3.63) is 89.2 Å². The lowest BCUT2D eigenvalue weighted by atomic mass is 9.96. The number of carbonyl (C=O) groups is 1. The van der Waals surface area contributed by atoms with Crippen LogP contribution in [0.4, 0.5) is 0 Å². The standard InChI is InChI=1S/C21H18N2O3S2/c1-3-26-20(25)17-13(2)22-21-23(18(17)14-8-5-4-6-9-14)19(24)16(28-21)12-15-10-7-11-27-15/h4-12,18H,3H2,1-2H3/b16-12-/t18-/m0/s1. The molecule has 0 saturated heterocycles. The molecule has 0 fully saturated rings. The summed E-state index contributed by atoms with van der Waals surface area (Å²) in [6.45, 7) is 3.82. The van der Waals surface area contributed by atoms with Gasteiger partial charge in [-0.05, 0) is 36.9 Å². The molecule has 3 heterocycles. The van der Waals surface area contributed by atoms with Gasteiger partial charge in [0.1, 0.15) is 0 Å². The molecule has 0 spiro atoms. The Bertz CT molecular complexity index is 1220. The maximum absolute atomic E-state index is 13.3. The van der Waals surface area contributed by atoms with Gasteiger partial charge >= 0.3 is 5.97 Å². The molecule has 0 amide bonds. The third kappa shape index (κ3) is 3.27. The second kappa shape index (κ2) is 7.69. The van der Waals surface area contributed by atoms with Crippen LogP contribution in [0.2, 0.25) is 0 Å². The first-order valence-electron chi connectivity index (χ1n) is 8.88. The fourth-order valence-electron chi connectivity index (χ4n) is 3.24. The van der Waals surface area contributed by atoms with E-state index in [-0.39, 0.29) is 12.2 Å². The second-order valence-corrected chi connectivity index (χ2v) is 8.22. The van der Waals surface area contributed by atoms with E-state index in [0.29, 0.717) is 20.6 Å². The molecule has 142 valence electrons. The van der Waals surface area contributed by atoms with Crippen molar-refractivity contribution in [3.63, 3.8) is 0 Å². The summed E-state index contributed by atoms with van der Waals surface area (Å²) in [5.41, 5.74) is 1.68. The van der Waals surface area contributed by atoms with Crippen LogP contribution in [0.15, 0.2) is 68.9 Å². The van der Waals surface area contributed by atoms with Gasteiger partial charge in [-0.25, -0.2) is 9.79 Å². The zero-order valence-electron chi connectivity index (χ0n) is 15.4. The highest BCUT2D eigenvalue weighted by Crippen LogP contribution is 2.30. The van der Waals surface area contributed by atoms with E-state index in [1.54, 1.807) is 29.8 Å². The molecule has 0 bridgehead atoms. The van der Waals surface area contributed by atoms with E-state index in [4.69, 9.17) is 4.74 Å². The Hall–Kier alpha value is -2.77. The Morgan fingerprint density at radius 2 is 2.04 bits per heavy atom. The second-order valence-electron chi connectivity index (χ2n) is 6.23. The van der Waals surface area contributed by atoms with E-state index in [1.165, 1.54) is 11.3 Å². The smallest absolute Gasteiger partial charge is 0.338 e. The van der Waals surface area contributed by atoms with Crippen molar-refractivity contribution in [2.24, 2.45) is 4.99 Å². The van der Waals surface area contributed by atoms with Crippen molar-refractivity contribution in [3.8, 4) is 0 Å². The number of esters is 1. The molecule has 0 radical (unpaired) electrons. The minimum absolute atomic E-state index is 0.152. The first-order valence-corrected chi connectivity index (χ1v) is 10.6. The number of benzene rings is 1. The molecule has 1 aromatic carbocycles. The SMILES string of the molecule is CCOC(=O)C1=C(C)N=c2s/c(=C\c3cccs3)c(=O)n2[C@H]1c1ccccc1. The fraction of sp³-hybridized carbons (Fsp3) is 0.190. The summed E-state index contributed by atoms with van der Waals surface area (Å²) in [7, 11) is 0. The number of hydrogen-bond donors (Lipinski definition) is 0. The number of thiophene rings is 1. The highest BCUT2D eigenvalue weighted by Gasteiger charge is 2.33. The quantitative estimate of drug-likeness (QED) is 0.622. The molecule has 3 aromatic rings. The molecular formula is C21H18N2O3S2. The molecule has 7 heteroatoms. The average molecular weight is 411 g/mol. The van der Waals surface area contributed by atoms with Gasteiger partial charge in [-0.1, -0.05) is 47.7 Å². The monoisotopic (exact) mass is 410 g/mol. The molecule has 0 saturated carbocycles. The van der Waals surface area contributed by atoms with Crippen molar-refractivity contribution in [1.82, 2.24) is 4.57 Å². The Labute approximate surface area is 169 Å². The van der Waals surface area contributed by atoms with E-state index in [1.807, 2.05) is 53.9 Å². The maximum Gasteiger partial charge on any atom is 0.338 e. The summed E-state index contributed by atoms with van der Waals surface area (Å²) in [6.07, 6.45) is 1.87. The molecule has 0 N–H and O–H groups in total. The summed E-state index contributed by atoms with van der Waals surface area (Å²) >= 11 is 2.91. The summed E-state index contributed by atoms with van der Waals surface area (Å²) in [6, 6.07) is 12.9. The molecule has 1 aliphatic rings. The molecule has 0 unspecified atom stereocenters. The molecule has 2 aromatic heterocycles. The summed E-state index contributed by atoms with van der Waals surface area (Å²) < 4.78 is 7.48. The van der Waals surface area contributed by atoms with Crippen LogP contribution in [0.5, 0.6) is 0 Å². The van der Waals surface area contributed by atoms with Crippen molar-refractivity contribution < 1.29 is 9.53 Å². The maximum atomic E-state index is 13.3. The Kier molecular flexibility index (Phi) is 5.11. The Morgan fingerprint density at radius 1 is 1.25 bits per heavy atom. The largest absolute Gasteiger partial charge is 0.463 e. The van der Waals surface area contributed by atoms with Gasteiger partial charge in [-0.2, -0.15) is 0 Å². The molecule has 28 heavy (non-hydrogen) atoms. The number of aromatic nitrogens is 1. The molecule has 4 rings (SSSR count). The third-order valence-corrected chi connectivity index (χ3v) is 6.25. The molecule has 0 aliphatic carbocycles. The van der Waals surface area contributed by atoms with E-state index in [0.717, 1.165) is 10.4 Å². The fourth-order valence-corrected chi connectivity index (χ4v) is 5.01. The van der Waals surface area contributed by atoms with Crippen LogP contribution in [0.3, 0.4) is 0 Å². The number of hydrogen-bond acceptors (Lipinski definition) is 6. The number of carbonyl (C=O) groups excluding carboxylic acids is 1. The van der Waals surface area contributed by atoms with Gasteiger partial charge in [0.2, 0.25) is 0 Å². The number of thiazole rings is 1. The first-order chi connectivity index (χ1) is 13.6. The van der Waals surface area contributed by atoms with Crippen LogP contribution < -0.4 is 14.9 Å². The van der Waals surface area contributed by atoms with Crippen LogP contribution in [-0.2, 0) is 9.53 Å². The zero-order chi connectivity index (χ0) is 19.7. The summed E-state index contributed by atoms with van der Waals surface area (Å²) in [4.78, 5) is 32.1. The van der Waals surface area contributed by atoms with Crippen molar-refractivity contribution in [1.29, 1.82) is 0 Å². The van der Waals surface area contributed by atoms with Crippen molar-refractivity contribution in [2.45, 2.75) is 19.9 Å². The summed E-state index contributed by atoms with van der Waals surface area (Å²) in [5, 5.41) is 1.97. The highest BCUT2D eigenvalue weighted by atomic mass is 32.1. The van der Waals surface area contributed by atoms with Gasteiger partial charge in [-0.15, -0.1) is 11.3 Å². The van der Waals surface area contributed by atoms with Gasteiger partial charge in [-0.3, -0.25) is 9.36 Å². The summed E-state index contributed by atoms with van der Waals surface area (Å²) in [5.74, 6) is -0.440. The van der Waals surface area contributed by atoms with Gasteiger partial charge < -0.3 is 4.74 Å². The Morgan fingerprint density at radius 3 is 2.71 bits per heavy atom. The van der Waals surface area contributed by atoms with Gasteiger partial charge in [0.25, 0.3) is 5.56 Å². The molecule has 5 nitrogen and oxygen atoms in total. The minimum atomic E-state index is -0.554. The van der Waals surface area contributed by atoms with Crippen LogP contribution in [0.1, 0.15) is 30.3 Å².